The Kier molecular flexibility index (Phi) is 5.75. The standard InChI is InChI=1S/C13H24N2O4/c1-4-8(3)11(14)12(16)15(5-2)10-7-19-6-9(10)13(17)18/h8-11H,4-7,14H2,1-3H3,(H,17,18)/t8-,9?,10?,11-/m0/s1. The zero-order valence-corrected chi connectivity index (χ0v) is 11.8. The maximum absolute atomic E-state index is 12.4. The first-order valence-corrected chi connectivity index (χ1v) is 6.80. The van der Waals surface area contributed by atoms with Crippen LogP contribution in [0.1, 0.15) is 27.2 Å². The van der Waals surface area contributed by atoms with Crippen molar-refractivity contribution in [2.45, 2.75) is 39.3 Å². The van der Waals surface area contributed by atoms with Gasteiger partial charge in [0.25, 0.3) is 0 Å². The molecule has 0 aliphatic carbocycles. The number of rotatable bonds is 6. The summed E-state index contributed by atoms with van der Waals surface area (Å²) in [6, 6.07) is -0.995. The highest BCUT2D eigenvalue weighted by Gasteiger charge is 2.40. The van der Waals surface area contributed by atoms with E-state index < -0.39 is 24.0 Å². The summed E-state index contributed by atoms with van der Waals surface area (Å²) < 4.78 is 5.21. The second kappa shape index (κ2) is 6.86. The van der Waals surface area contributed by atoms with Gasteiger partial charge in [-0.15, -0.1) is 0 Å². The van der Waals surface area contributed by atoms with Gasteiger partial charge in [0.05, 0.1) is 25.3 Å². The highest BCUT2D eigenvalue weighted by molar-refractivity contribution is 5.83. The molecule has 1 heterocycles. The van der Waals surface area contributed by atoms with Gasteiger partial charge in [0.15, 0.2) is 0 Å². The first-order valence-electron chi connectivity index (χ1n) is 6.80. The zero-order chi connectivity index (χ0) is 14.6. The Morgan fingerprint density at radius 1 is 1.42 bits per heavy atom. The van der Waals surface area contributed by atoms with Crippen LogP contribution in [0.3, 0.4) is 0 Å². The zero-order valence-electron chi connectivity index (χ0n) is 11.8. The number of nitrogens with two attached hydrogens (primary N) is 1. The SMILES string of the molecule is CC[C@H](C)[C@H](N)C(=O)N(CC)C1COCC1C(=O)O. The molecule has 19 heavy (non-hydrogen) atoms. The largest absolute Gasteiger partial charge is 0.481 e. The fourth-order valence-corrected chi connectivity index (χ4v) is 2.33. The molecule has 0 aromatic heterocycles. The quantitative estimate of drug-likeness (QED) is 0.726. The molecule has 0 aromatic carbocycles. The molecule has 6 nitrogen and oxygen atoms in total. The maximum atomic E-state index is 12.4. The average Bonchev–Trinajstić information content (AvgIpc) is 2.87. The minimum atomic E-state index is -0.925. The van der Waals surface area contributed by atoms with E-state index in [1.807, 2.05) is 20.8 Å². The van der Waals surface area contributed by atoms with Crippen molar-refractivity contribution in [3.8, 4) is 0 Å². The Bertz CT molecular complexity index is 335. The molecule has 0 saturated carbocycles. The van der Waals surface area contributed by atoms with E-state index in [0.717, 1.165) is 6.42 Å². The third kappa shape index (κ3) is 3.45. The highest BCUT2D eigenvalue weighted by Crippen LogP contribution is 2.22. The molecule has 1 aliphatic rings. The topological polar surface area (TPSA) is 92.9 Å². The first-order chi connectivity index (χ1) is 8.93. The molecule has 1 aliphatic heterocycles. The van der Waals surface area contributed by atoms with E-state index in [0.29, 0.717) is 6.54 Å². The minimum absolute atomic E-state index is 0.0761. The molecule has 110 valence electrons. The molecule has 1 amide bonds. The molecule has 1 saturated heterocycles. The van der Waals surface area contributed by atoms with Crippen molar-refractivity contribution < 1.29 is 19.4 Å². The number of carboxylic acids is 1. The van der Waals surface area contributed by atoms with Gasteiger partial charge in [-0.05, 0) is 12.8 Å². The number of hydrogen-bond acceptors (Lipinski definition) is 4. The lowest BCUT2D eigenvalue weighted by atomic mass is 9.96. The fraction of sp³-hybridized carbons (Fsp3) is 0.846. The Morgan fingerprint density at radius 3 is 2.53 bits per heavy atom. The van der Waals surface area contributed by atoms with Gasteiger partial charge in [-0.1, -0.05) is 20.3 Å². The van der Waals surface area contributed by atoms with E-state index >= 15 is 0 Å². The van der Waals surface area contributed by atoms with Gasteiger partial charge >= 0.3 is 5.97 Å². The molecule has 0 radical (unpaired) electrons. The molecule has 3 N–H and O–H groups in total. The number of likely N-dealkylation sites (N-methyl/N-ethyl adjacent to an activating group) is 1. The fourth-order valence-electron chi connectivity index (χ4n) is 2.33. The summed E-state index contributed by atoms with van der Waals surface area (Å²) in [5.41, 5.74) is 5.96. The summed E-state index contributed by atoms with van der Waals surface area (Å²) >= 11 is 0. The van der Waals surface area contributed by atoms with Crippen molar-refractivity contribution in [1.82, 2.24) is 4.90 Å². The molecule has 0 aromatic rings. The molecule has 4 atom stereocenters. The van der Waals surface area contributed by atoms with Gasteiger partial charge in [-0.3, -0.25) is 9.59 Å². The van der Waals surface area contributed by atoms with E-state index in [1.165, 1.54) is 0 Å². The number of ether oxygens (including phenoxy) is 1. The predicted octanol–water partition coefficient (Wildman–Crippen LogP) is 0.308. The smallest absolute Gasteiger partial charge is 0.311 e. The van der Waals surface area contributed by atoms with Crippen LogP contribution in [-0.4, -0.2) is 53.7 Å². The molecule has 2 unspecified atom stereocenters. The number of hydrogen-bond donors (Lipinski definition) is 2. The van der Waals surface area contributed by atoms with Crippen LogP contribution in [0.5, 0.6) is 0 Å². The van der Waals surface area contributed by atoms with E-state index in [4.69, 9.17) is 15.6 Å². The molecule has 0 bridgehead atoms. The van der Waals surface area contributed by atoms with Crippen LogP contribution in [-0.2, 0) is 14.3 Å². The van der Waals surface area contributed by atoms with E-state index in [2.05, 4.69) is 0 Å². The number of aliphatic carboxylic acids is 1. The van der Waals surface area contributed by atoms with Gasteiger partial charge in [0, 0.05) is 6.54 Å². The average molecular weight is 272 g/mol. The number of nitrogens with zero attached hydrogens (tertiary/aromatic N) is 1. The second-order valence-electron chi connectivity index (χ2n) is 5.09. The van der Waals surface area contributed by atoms with Crippen LogP contribution in [0.4, 0.5) is 0 Å². The van der Waals surface area contributed by atoms with Crippen LogP contribution >= 0.6 is 0 Å². The lowest BCUT2D eigenvalue weighted by Crippen LogP contribution is -2.53. The third-order valence-corrected chi connectivity index (χ3v) is 3.93. The maximum Gasteiger partial charge on any atom is 0.311 e. The van der Waals surface area contributed by atoms with E-state index in [-0.39, 0.29) is 25.0 Å². The normalized spacial score (nSPS) is 25.9. The van der Waals surface area contributed by atoms with Crippen molar-refractivity contribution in [2.75, 3.05) is 19.8 Å². The van der Waals surface area contributed by atoms with Gasteiger partial charge < -0.3 is 20.5 Å². The number of amides is 1. The lowest BCUT2D eigenvalue weighted by Gasteiger charge is -2.32. The van der Waals surface area contributed by atoms with Crippen LogP contribution in [0, 0.1) is 11.8 Å². The Labute approximate surface area is 113 Å². The van der Waals surface area contributed by atoms with Crippen LogP contribution in [0.15, 0.2) is 0 Å². The van der Waals surface area contributed by atoms with Crippen LogP contribution in [0.25, 0.3) is 0 Å². The Balaban J connectivity index is 2.82. The van der Waals surface area contributed by atoms with E-state index in [1.54, 1.807) is 4.90 Å². The minimum Gasteiger partial charge on any atom is -0.481 e. The summed E-state index contributed by atoms with van der Waals surface area (Å²) in [7, 11) is 0. The van der Waals surface area contributed by atoms with Gasteiger partial charge in [-0.25, -0.2) is 0 Å². The molecule has 0 spiro atoms. The summed E-state index contributed by atoms with van der Waals surface area (Å²) in [6.45, 7) is 6.61. The summed E-state index contributed by atoms with van der Waals surface area (Å²) in [6.07, 6.45) is 0.813. The van der Waals surface area contributed by atoms with Gasteiger partial charge in [0.2, 0.25) is 5.91 Å². The van der Waals surface area contributed by atoms with Crippen molar-refractivity contribution in [3.63, 3.8) is 0 Å². The highest BCUT2D eigenvalue weighted by atomic mass is 16.5. The second-order valence-corrected chi connectivity index (χ2v) is 5.09. The summed E-state index contributed by atoms with van der Waals surface area (Å²) in [4.78, 5) is 25.1. The summed E-state index contributed by atoms with van der Waals surface area (Å²) in [5, 5.41) is 9.15. The van der Waals surface area contributed by atoms with Crippen molar-refractivity contribution in [2.24, 2.45) is 17.6 Å². The third-order valence-electron chi connectivity index (χ3n) is 3.93. The lowest BCUT2D eigenvalue weighted by molar-refractivity contribution is -0.145. The van der Waals surface area contributed by atoms with Crippen LogP contribution in [0.2, 0.25) is 0 Å². The van der Waals surface area contributed by atoms with Crippen molar-refractivity contribution in [1.29, 1.82) is 0 Å². The molecule has 1 fully saturated rings. The molecular weight excluding hydrogens is 248 g/mol. The van der Waals surface area contributed by atoms with Gasteiger partial charge in [-0.2, -0.15) is 0 Å². The monoisotopic (exact) mass is 272 g/mol. The van der Waals surface area contributed by atoms with E-state index in [9.17, 15) is 9.59 Å². The summed E-state index contributed by atoms with van der Waals surface area (Å²) in [5.74, 6) is -1.69. The molecule has 1 rings (SSSR count). The Morgan fingerprint density at radius 2 is 2.05 bits per heavy atom. The Hall–Kier alpha value is -1.14. The first kappa shape index (κ1) is 15.9. The molecular formula is C13H24N2O4. The number of carbonyl (C=O) groups is 2. The predicted molar refractivity (Wildman–Crippen MR) is 70.6 cm³/mol. The van der Waals surface area contributed by atoms with Crippen LogP contribution < -0.4 is 5.73 Å². The number of carbonyl (C=O) groups excluding carboxylic acids is 1. The van der Waals surface area contributed by atoms with Crippen molar-refractivity contribution >= 4 is 11.9 Å². The molecule has 6 heteroatoms. The van der Waals surface area contributed by atoms with Crippen molar-refractivity contribution in [3.05, 3.63) is 0 Å². The number of carboxylic acid groups (broad SMARTS) is 1. The van der Waals surface area contributed by atoms with Gasteiger partial charge in [0.1, 0.15) is 5.92 Å².